The van der Waals surface area contributed by atoms with E-state index in [1.165, 1.54) is 6.08 Å². The highest BCUT2D eigenvalue weighted by Crippen LogP contribution is 2.12. The minimum absolute atomic E-state index is 0.287. The van der Waals surface area contributed by atoms with Gasteiger partial charge >= 0.3 is 5.97 Å². The number of rotatable bonds is 4. The number of nitrogens with zero attached hydrogens (tertiary/aromatic N) is 1. The predicted octanol–water partition coefficient (Wildman–Crippen LogP) is 2.79. The molecule has 1 aromatic rings. The summed E-state index contributed by atoms with van der Waals surface area (Å²) < 4.78 is 4.99. The lowest BCUT2D eigenvalue weighted by Gasteiger charge is -2.04. The SMILES string of the molecule is CC(C)COC(=O)C=C(C#N)c1ccccc1. The van der Waals surface area contributed by atoms with Crippen LogP contribution >= 0.6 is 0 Å². The average Bonchev–Trinajstić information content (AvgIpc) is 2.34. The molecule has 0 atom stereocenters. The van der Waals surface area contributed by atoms with Crippen molar-refractivity contribution >= 4 is 11.5 Å². The molecule has 0 heterocycles. The van der Waals surface area contributed by atoms with Crippen molar-refractivity contribution < 1.29 is 9.53 Å². The van der Waals surface area contributed by atoms with E-state index in [2.05, 4.69) is 0 Å². The van der Waals surface area contributed by atoms with Crippen molar-refractivity contribution in [2.75, 3.05) is 6.61 Å². The monoisotopic (exact) mass is 229 g/mol. The lowest BCUT2D eigenvalue weighted by molar-refractivity contribution is -0.138. The summed E-state index contributed by atoms with van der Waals surface area (Å²) in [5, 5.41) is 8.98. The fourth-order valence-electron chi connectivity index (χ4n) is 1.21. The summed E-state index contributed by atoms with van der Waals surface area (Å²) in [5.74, 6) is -0.186. The van der Waals surface area contributed by atoms with Crippen LogP contribution in [0.25, 0.3) is 5.57 Å². The van der Waals surface area contributed by atoms with E-state index >= 15 is 0 Å². The van der Waals surface area contributed by atoms with Gasteiger partial charge in [-0.1, -0.05) is 44.2 Å². The highest BCUT2D eigenvalue weighted by atomic mass is 16.5. The molecule has 0 spiro atoms. The number of carbonyl (C=O) groups excluding carboxylic acids is 1. The maximum Gasteiger partial charge on any atom is 0.332 e. The molecule has 0 fully saturated rings. The van der Waals surface area contributed by atoms with Gasteiger partial charge in [-0.05, 0) is 11.5 Å². The second-order valence-corrected chi connectivity index (χ2v) is 4.06. The van der Waals surface area contributed by atoms with Gasteiger partial charge in [0.15, 0.2) is 0 Å². The van der Waals surface area contributed by atoms with Crippen LogP contribution in [0.3, 0.4) is 0 Å². The van der Waals surface area contributed by atoms with Crippen molar-refractivity contribution in [1.82, 2.24) is 0 Å². The van der Waals surface area contributed by atoms with Gasteiger partial charge < -0.3 is 4.74 Å². The molecule has 17 heavy (non-hydrogen) atoms. The molecule has 0 unspecified atom stereocenters. The molecular formula is C14H15NO2. The number of nitriles is 1. The molecular weight excluding hydrogens is 214 g/mol. The molecule has 0 saturated heterocycles. The Kier molecular flexibility index (Phi) is 4.96. The molecule has 0 aliphatic rings. The maximum atomic E-state index is 11.4. The second kappa shape index (κ2) is 6.49. The quantitative estimate of drug-likeness (QED) is 0.453. The van der Waals surface area contributed by atoms with E-state index in [9.17, 15) is 4.79 Å². The highest BCUT2D eigenvalue weighted by Gasteiger charge is 2.05. The Morgan fingerprint density at radius 2 is 2.06 bits per heavy atom. The van der Waals surface area contributed by atoms with E-state index in [-0.39, 0.29) is 5.92 Å². The first-order valence-corrected chi connectivity index (χ1v) is 5.47. The molecule has 0 saturated carbocycles. The Labute approximate surface area is 101 Å². The topological polar surface area (TPSA) is 50.1 Å². The van der Waals surface area contributed by atoms with Gasteiger partial charge in [0.05, 0.1) is 12.2 Å². The summed E-state index contributed by atoms with van der Waals surface area (Å²) in [7, 11) is 0. The van der Waals surface area contributed by atoms with Crippen molar-refractivity contribution in [3.63, 3.8) is 0 Å². The summed E-state index contributed by atoms with van der Waals surface area (Å²) in [6.07, 6.45) is 1.23. The van der Waals surface area contributed by atoms with Crippen LogP contribution < -0.4 is 0 Å². The van der Waals surface area contributed by atoms with E-state index in [1.807, 2.05) is 38.1 Å². The van der Waals surface area contributed by atoms with Crippen LogP contribution in [0.4, 0.5) is 0 Å². The molecule has 0 amide bonds. The Bertz CT molecular complexity index is 441. The standard InChI is InChI=1S/C14H15NO2/c1-11(2)10-17-14(16)8-13(9-15)12-6-4-3-5-7-12/h3-8,11H,10H2,1-2H3. The van der Waals surface area contributed by atoms with Crippen LogP contribution in [0.5, 0.6) is 0 Å². The third kappa shape index (κ3) is 4.52. The van der Waals surface area contributed by atoms with Gasteiger partial charge in [-0.15, -0.1) is 0 Å². The van der Waals surface area contributed by atoms with Crippen LogP contribution in [-0.2, 0) is 9.53 Å². The summed E-state index contributed by atoms with van der Waals surface area (Å²) in [5.41, 5.74) is 1.04. The summed E-state index contributed by atoms with van der Waals surface area (Å²) in [4.78, 5) is 11.4. The van der Waals surface area contributed by atoms with Gasteiger partial charge in [-0.25, -0.2) is 4.79 Å². The van der Waals surface area contributed by atoms with Crippen LogP contribution in [0.2, 0.25) is 0 Å². The summed E-state index contributed by atoms with van der Waals surface area (Å²) in [6, 6.07) is 11.1. The van der Waals surface area contributed by atoms with Crippen LogP contribution in [0.1, 0.15) is 19.4 Å². The Morgan fingerprint density at radius 3 is 2.59 bits per heavy atom. The number of allylic oxidation sites excluding steroid dienone is 1. The molecule has 0 aliphatic heterocycles. The van der Waals surface area contributed by atoms with Crippen LogP contribution in [-0.4, -0.2) is 12.6 Å². The molecule has 3 heteroatoms. The number of hydrogen-bond acceptors (Lipinski definition) is 3. The normalized spacial score (nSPS) is 11.1. The van der Waals surface area contributed by atoms with Crippen molar-refractivity contribution in [3.8, 4) is 6.07 Å². The second-order valence-electron chi connectivity index (χ2n) is 4.06. The molecule has 1 rings (SSSR count). The molecule has 0 bridgehead atoms. The van der Waals surface area contributed by atoms with Crippen LogP contribution in [0, 0.1) is 17.2 Å². The van der Waals surface area contributed by atoms with Crippen LogP contribution in [0.15, 0.2) is 36.4 Å². The first kappa shape index (κ1) is 13.0. The molecule has 88 valence electrons. The minimum Gasteiger partial charge on any atom is -0.462 e. The smallest absolute Gasteiger partial charge is 0.332 e. The Morgan fingerprint density at radius 1 is 1.41 bits per heavy atom. The molecule has 0 aromatic heterocycles. The zero-order chi connectivity index (χ0) is 12.7. The van der Waals surface area contributed by atoms with Crippen molar-refractivity contribution in [3.05, 3.63) is 42.0 Å². The molecule has 3 nitrogen and oxygen atoms in total. The molecule has 0 N–H and O–H groups in total. The third-order valence-corrected chi connectivity index (χ3v) is 2.03. The van der Waals surface area contributed by atoms with Gasteiger partial charge in [0.25, 0.3) is 0 Å². The fraction of sp³-hybridized carbons (Fsp3) is 0.286. The van der Waals surface area contributed by atoms with E-state index in [4.69, 9.17) is 10.00 Å². The van der Waals surface area contributed by atoms with Crippen molar-refractivity contribution in [1.29, 1.82) is 5.26 Å². The largest absolute Gasteiger partial charge is 0.462 e. The number of hydrogen-bond donors (Lipinski definition) is 0. The first-order chi connectivity index (χ1) is 8.13. The lowest BCUT2D eigenvalue weighted by atomic mass is 10.1. The highest BCUT2D eigenvalue weighted by molar-refractivity contribution is 5.95. The van der Waals surface area contributed by atoms with Gasteiger partial charge in [-0.2, -0.15) is 5.26 Å². The van der Waals surface area contributed by atoms with E-state index < -0.39 is 5.97 Å². The minimum atomic E-state index is -0.473. The van der Waals surface area contributed by atoms with E-state index in [1.54, 1.807) is 12.1 Å². The van der Waals surface area contributed by atoms with Gasteiger partial charge in [0.2, 0.25) is 0 Å². The van der Waals surface area contributed by atoms with Crippen molar-refractivity contribution in [2.45, 2.75) is 13.8 Å². The average molecular weight is 229 g/mol. The predicted molar refractivity (Wildman–Crippen MR) is 65.8 cm³/mol. The fourth-order valence-corrected chi connectivity index (χ4v) is 1.21. The van der Waals surface area contributed by atoms with Gasteiger partial charge in [0.1, 0.15) is 6.07 Å². The van der Waals surface area contributed by atoms with Gasteiger partial charge in [-0.3, -0.25) is 0 Å². The number of benzene rings is 1. The lowest BCUT2D eigenvalue weighted by Crippen LogP contribution is -2.07. The molecule has 0 aliphatic carbocycles. The number of esters is 1. The first-order valence-electron chi connectivity index (χ1n) is 5.47. The summed E-state index contributed by atoms with van der Waals surface area (Å²) in [6.45, 7) is 4.28. The van der Waals surface area contributed by atoms with Crippen molar-refractivity contribution in [2.24, 2.45) is 5.92 Å². The maximum absolute atomic E-state index is 11.4. The summed E-state index contributed by atoms with van der Waals surface area (Å²) >= 11 is 0. The zero-order valence-corrected chi connectivity index (χ0v) is 10.0. The number of carbonyl (C=O) groups is 1. The third-order valence-electron chi connectivity index (χ3n) is 2.03. The zero-order valence-electron chi connectivity index (χ0n) is 10.0. The molecule has 0 radical (unpaired) electrons. The Balaban J connectivity index is 2.75. The van der Waals surface area contributed by atoms with E-state index in [0.717, 1.165) is 5.56 Å². The molecule has 1 aromatic carbocycles. The van der Waals surface area contributed by atoms with Gasteiger partial charge in [0, 0.05) is 6.08 Å². The number of ether oxygens (including phenoxy) is 1. The Hall–Kier alpha value is -2.08. The van der Waals surface area contributed by atoms with E-state index in [0.29, 0.717) is 12.2 Å².